The molecule has 1 aromatic heterocycles. The van der Waals surface area contributed by atoms with E-state index in [0.717, 1.165) is 52.9 Å². The van der Waals surface area contributed by atoms with Crippen LogP contribution in [0.25, 0.3) is 0 Å². The van der Waals surface area contributed by atoms with Crippen LogP contribution in [0.3, 0.4) is 0 Å². The van der Waals surface area contributed by atoms with E-state index in [1.54, 1.807) is 0 Å². The largest absolute Gasteiger partial charge is 0.477 e. The number of aromatic nitrogens is 1. The maximum Gasteiger partial charge on any atom is 0.249 e. The number of amides is 1. The minimum atomic E-state index is -0.343. The summed E-state index contributed by atoms with van der Waals surface area (Å²) in [6, 6.07) is 7.94. The standard InChI is InChI=1S/C26H32N4O2/c1-6-9-12-32-26-23-22(20-11-10-18(14-27)13-19(20)7-2)21(25(31)28-8-3)17(5)30-24(23)16(4)15-29-26/h10-11,13,15,22,30H,6-9,12H2,1-5H3,(H,28,31)/t22-/m1/s1. The fraction of sp³-hybridized carbons (Fsp3) is 0.423. The molecule has 0 unspecified atom stereocenters. The van der Waals surface area contributed by atoms with Gasteiger partial charge < -0.3 is 15.4 Å². The summed E-state index contributed by atoms with van der Waals surface area (Å²) in [6.45, 7) is 11.2. The van der Waals surface area contributed by atoms with Crippen LogP contribution in [-0.4, -0.2) is 24.0 Å². The van der Waals surface area contributed by atoms with Gasteiger partial charge in [-0.2, -0.15) is 5.26 Å². The summed E-state index contributed by atoms with van der Waals surface area (Å²) in [5.41, 5.74) is 6.94. The zero-order valence-electron chi connectivity index (χ0n) is 19.6. The summed E-state index contributed by atoms with van der Waals surface area (Å²) >= 11 is 0. The van der Waals surface area contributed by atoms with Crippen LogP contribution in [0.4, 0.5) is 5.69 Å². The quantitative estimate of drug-likeness (QED) is 0.575. The predicted octanol–water partition coefficient (Wildman–Crippen LogP) is 4.97. The summed E-state index contributed by atoms with van der Waals surface area (Å²) in [5, 5.41) is 15.8. The molecule has 0 aliphatic carbocycles. The lowest BCUT2D eigenvalue weighted by Crippen LogP contribution is -2.33. The zero-order valence-corrected chi connectivity index (χ0v) is 19.6. The molecule has 6 nitrogen and oxygen atoms in total. The van der Waals surface area contributed by atoms with Gasteiger partial charge in [-0.25, -0.2) is 4.98 Å². The normalized spacial score (nSPS) is 14.9. The lowest BCUT2D eigenvalue weighted by molar-refractivity contribution is -0.117. The molecule has 32 heavy (non-hydrogen) atoms. The molecule has 0 radical (unpaired) electrons. The summed E-state index contributed by atoms with van der Waals surface area (Å²) in [7, 11) is 0. The van der Waals surface area contributed by atoms with E-state index < -0.39 is 0 Å². The number of rotatable bonds is 8. The van der Waals surface area contributed by atoms with Crippen LogP contribution in [0.1, 0.15) is 74.3 Å². The van der Waals surface area contributed by atoms with Crippen molar-refractivity contribution in [3.63, 3.8) is 0 Å². The van der Waals surface area contributed by atoms with E-state index in [1.807, 2.05) is 45.2 Å². The van der Waals surface area contributed by atoms with E-state index in [1.165, 1.54) is 0 Å². The van der Waals surface area contributed by atoms with Gasteiger partial charge >= 0.3 is 0 Å². The van der Waals surface area contributed by atoms with Crippen molar-refractivity contribution in [1.29, 1.82) is 5.26 Å². The van der Waals surface area contributed by atoms with Crippen LogP contribution in [0.2, 0.25) is 0 Å². The summed E-state index contributed by atoms with van der Waals surface area (Å²) in [5.74, 6) is 0.0994. The first-order chi connectivity index (χ1) is 15.5. The summed E-state index contributed by atoms with van der Waals surface area (Å²) < 4.78 is 6.14. The number of pyridine rings is 1. The molecule has 6 heteroatoms. The number of nitriles is 1. The van der Waals surface area contributed by atoms with Gasteiger partial charge in [-0.3, -0.25) is 4.79 Å². The number of aryl methyl sites for hydroxylation is 2. The molecule has 1 aromatic carbocycles. The summed E-state index contributed by atoms with van der Waals surface area (Å²) in [4.78, 5) is 17.9. The van der Waals surface area contributed by atoms with E-state index in [2.05, 4.69) is 35.5 Å². The number of benzene rings is 1. The number of carbonyl (C=O) groups excluding carboxylic acids is 1. The first-order valence-corrected chi connectivity index (χ1v) is 11.4. The number of hydrogen-bond acceptors (Lipinski definition) is 5. The van der Waals surface area contributed by atoms with Crippen molar-refractivity contribution in [2.24, 2.45) is 0 Å². The smallest absolute Gasteiger partial charge is 0.249 e. The Morgan fingerprint density at radius 2 is 2.06 bits per heavy atom. The molecule has 0 saturated heterocycles. The third-order valence-electron chi connectivity index (χ3n) is 5.85. The number of carbonyl (C=O) groups is 1. The molecule has 168 valence electrons. The van der Waals surface area contributed by atoms with Gasteiger partial charge in [-0.05, 0) is 62.4 Å². The number of nitrogens with zero attached hydrogens (tertiary/aromatic N) is 2. The van der Waals surface area contributed by atoms with Crippen molar-refractivity contribution < 1.29 is 9.53 Å². The number of fused-ring (bicyclic) bond motifs is 1. The average Bonchev–Trinajstić information content (AvgIpc) is 2.79. The Kier molecular flexibility index (Phi) is 7.53. The third kappa shape index (κ3) is 4.47. The van der Waals surface area contributed by atoms with Crippen LogP contribution >= 0.6 is 0 Å². The molecule has 2 N–H and O–H groups in total. The molecule has 1 aliphatic heterocycles. The van der Waals surface area contributed by atoms with Crippen molar-refractivity contribution in [3.05, 3.63) is 63.5 Å². The number of ether oxygens (including phenoxy) is 1. The molecule has 0 bridgehead atoms. The van der Waals surface area contributed by atoms with Gasteiger partial charge in [0.25, 0.3) is 0 Å². The SMILES string of the molecule is CCCCOc1ncc(C)c2c1[C@H](c1ccc(C#N)cc1CC)C(C(=O)NCC)=C(C)N2. The molecule has 3 rings (SSSR count). The van der Waals surface area contributed by atoms with Crippen molar-refractivity contribution in [2.75, 3.05) is 18.5 Å². The Bertz CT molecular complexity index is 1080. The van der Waals surface area contributed by atoms with Gasteiger partial charge in [0.2, 0.25) is 11.8 Å². The van der Waals surface area contributed by atoms with Crippen LogP contribution < -0.4 is 15.4 Å². The highest BCUT2D eigenvalue weighted by Gasteiger charge is 2.37. The van der Waals surface area contributed by atoms with Crippen LogP contribution in [-0.2, 0) is 11.2 Å². The maximum absolute atomic E-state index is 13.3. The molecule has 1 atom stereocenters. The molecule has 1 amide bonds. The number of nitrogens with one attached hydrogen (secondary N) is 2. The molecular weight excluding hydrogens is 400 g/mol. The van der Waals surface area contributed by atoms with Gasteiger partial charge in [-0.1, -0.05) is 26.3 Å². The van der Waals surface area contributed by atoms with Crippen molar-refractivity contribution in [2.45, 2.75) is 59.8 Å². The zero-order chi connectivity index (χ0) is 23.3. The van der Waals surface area contributed by atoms with E-state index in [9.17, 15) is 10.1 Å². The number of hydrogen-bond donors (Lipinski definition) is 2. The van der Waals surface area contributed by atoms with Gasteiger partial charge in [0, 0.05) is 29.9 Å². The molecule has 1 aliphatic rings. The Balaban J connectivity index is 2.29. The molecular formula is C26H32N4O2. The Morgan fingerprint density at radius 1 is 1.28 bits per heavy atom. The van der Waals surface area contributed by atoms with Crippen molar-refractivity contribution >= 4 is 11.6 Å². The van der Waals surface area contributed by atoms with Gasteiger partial charge in [-0.15, -0.1) is 0 Å². The molecule has 0 spiro atoms. The highest BCUT2D eigenvalue weighted by Crippen LogP contribution is 2.47. The van der Waals surface area contributed by atoms with Crippen LogP contribution in [0.15, 0.2) is 35.7 Å². The topological polar surface area (TPSA) is 87.0 Å². The molecule has 2 heterocycles. The fourth-order valence-corrected chi connectivity index (χ4v) is 4.22. The predicted molar refractivity (Wildman–Crippen MR) is 127 cm³/mol. The second-order valence-corrected chi connectivity index (χ2v) is 8.07. The Labute approximate surface area is 190 Å². The first kappa shape index (κ1) is 23.3. The fourth-order valence-electron chi connectivity index (χ4n) is 4.22. The monoisotopic (exact) mass is 432 g/mol. The van der Waals surface area contributed by atoms with Crippen LogP contribution in [0, 0.1) is 18.3 Å². The minimum absolute atomic E-state index is 0.111. The molecule has 0 saturated carbocycles. The van der Waals surface area contributed by atoms with Crippen molar-refractivity contribution in [3.8, 4) is 11.9 Å². The molecule has 0 fully saturated rings. The Hall–Kier alpha value is -3.33. The first-order valence-electron chi connectivity index (χ1n) is 11.4. The van der Waals surface area contributed by atoms with E-state index in [4.69, 9.17) is 4.74 Å². The van der Waals surface area contributed by atoms with Gasteiger partial charge in [0.1, 0.15) is 0 Å². The number of likely N-dealkylation sites (N-methyl/N-ethyl adjacent to an activating group) is 1. The lowest BCUT2D eigenvalue weighted by atomic mass is 9.77. The number of anilines is 1. The van der Waals surface area contributed by atoms with E-state index in [0.29, 0.717) is 30.2 Å². The minimum Gasteiger partial charge on any atom is -0.477 e. The molecule has 2 aromatic rings. The lowest BCUT2D eigenvalue weighted by Gasteiger charge is -2.33. The Morgan fingerprint density at radius 3 is 2.72 bits per heavy atom. The number of unbranched alkanes of at least 4 members (excludes halogenated alkanes) is 1. The van der Waals surface area contributed by atoms with Crippen molar-refractivity contribution in [1.82, 2.24) is 10.3 Å². The van der Waals surface area contributed by atoms with Gasteiger partial charge in [0.15, 0.2) is 0 Å². The maximum atomic E-state index is 13.3. The van der Waals surface area contributed by atoms with Crippen LogP contribution in [0.5, 0.6) is 5.88 Å². The van der Waals surface area contributed by atoms with E-state index >= 15 is 0 Å². The van der Waals surface area contributed by atoms with E-state index in [-0.39, 0.29) is 11.8 Å². The summed E-state index contributed by atoms with van der Waals surface area (Å²) in [6.07, 6.45) is 4.51. The number of allylic oxidation sites excluding steroid dienone is 1. The second kappa shape index (κ2) is 10.3. The average molecular weight is 433 g/mol. The third-order valence-corrected chi connectivity index (χ3v) is 5.85. The van der Waals surface area contributed by atoms with Gasteiger partial charge in [0.05, 0.1) is 29.5 Å². The second-order valence-electron chi connectivity index (χ2n) is 8.07. The highest BCUT2D eigenvalue weighted by atomic mass is 16.5. The highest BCUT2D eigenvalue weighted by molar-refractivity contribution is 5.99.